The zero-order valence-corrected chi connectivity index (χ0v) is 21.2. The lowest BCUT2D eigenvalue weighted by Crippen LogP contribution is -2.51. The van der Waals surface area contributed by atoms with Crippen molar-refractivity contribution in [2.45, 2.75) is 13.3 Å². The molecule has 2 aliphatic rings. The lowest BCUT2D eigenvalue weighted by molar-refractivity contribution is -0.130. The molecule has 1 aromatic heterocycles. The second kappa shape index (κ2) is 11.6. The number of benzene rings is 1. The molecule has 0 saturated carbocycles. The molecule has 10 nitrogen and oxygen atoms in total. The first kappa shape index (κ1) is 25.1. The molecule has 2 fully saturated rings. The highest BCUT2D eigenvalue weighted by molar-refractivity contribution is 7.13. The molecule has 0 unspecified atom stereocenters. The zero-order valence-electron chi connectivity index (χ0n) is 19.6. The number of hydrogen-bond acceptors (Lipinski definition) is 7. The van der Waals surface area contributed by atoms with Gasteiger partial charge < -0.3 is 24.3 Å². The van der Waals surface area contributed by atoms with Crippen LogP contribution in [0.4, 0.5) is 20.4 Å². The molecule has 35 heavy (non-hydrogen) atoms. The van der Waals surface area contributed by atoms with Gasteiger partial charge in [-0.2, -0.15) is 0 Å². The Hall–Kier alpha value is -3.05. The third-order valence-corrected chi connectivity index (χ3v) is 7.07. The maximum atomic E-state index is 12.8. The summed E-state index contributed by atoms with van der Waals surface area (Å²) in [5.41, 5.74) is 1.74. The van der Waals surface area contributed by atoms with Crippen LogP contribution in [0.2, 0.25) is 5.02 Å². The Morgan fingerprint density at radius 2 is 1.60 bits per heavy atom. The van der Waals surface area contributed by atoms with Gasteiger partial charge in [-0.25, -0.2) is 14.6 Å². The largest absolute Gasteiger partial charge is 0.450 e. The quantitative estimate of drug-likeness (QED) is 0.651. The van der Waals surface area contributed by atoms with Crippen molar-refractivity contribution in [1.82, 2.24) is 19.7 Å². The monoisotopic (exact) mass is 520 g/mol. The Morgan fingerprint density at radius 1 is 0.971 bits per heavy atom. The van der Waals surface area contributed by atoms with Gasteiger partial charge in [0.1, 0.15) is 0 Å². The van der Waals surface area contributed by atoms with Gasteiger partial charge in [-0.3, -0.25) is 10.1 Å². The number of piperazine rings is 2. The number of nitrogens with one attached hydrogen (secondary N) is 1. The maximum Gasteiger partial charge on any atom is 0.409 e. The third-order valence-electron chi connectivity index (χ3n) is 6.01. The van der Waals surface area contributed by atoms with E-state index < -0.39 is 0 Å². The molecular formula is C23H29ClN6O4S. The Bertz CT molecular complexity index is 1030. The number of carbonyl (C=O) groups excluding carboxylic acids is 3. The molecule has 2 aliphatic heterocycles. The van der Waals surface area contributed by atoms with Crippen molar-refractivity contribution < 1.29 is 19.1 Å². The molecule has 3 heterocycles. The van der Waals surface area contributed by atoms with Crippen molar-refractivity contribution in [3.8, 4) is 0 Å². The van der Waals surface area contributed by atoms with E-state index in [-0.39, 0.29) is 24.5 Å². The molecule has 0 radical (unpaired) electrons. The Balaban J connectivity index is 1.21. The standard InChI is InChI=1S/C23H29ClN6O4S/c1-2-34-23(33)30-13-11-29(12-14-30)22(32)26-21-25-18(16-35-21)15-20(31)28-9-7-27(8-10-28)19-5-3-17(24)4-6-19/h3-6,16H,2,7-15H2,1H3,(H,25,26,32). The summed E-state index contributed by atoms with van der Waals surface area (Å²) in [7, 11) is 0. The minimum atomic E-state index is -0.354. The molecule has 4 rings (SSSR count). The van der Waals surface area contributed by atoms with E-state index in [0.717, 1.165) is 18.8 Å². The lowest BCUT2D eigenvalue weighted by atomic mass is 10.2. The van der Waals surface area contributed by atoms with Crippen molar-refractivity contribution >= 4 is 51.8 Å². The third kappa shape index (κ3) is 6.55. The number of amides is 4. The maximum absolute atomic E-state index is 12.8. The molecular weight excluding hydrogens is 492 g/mol. The van der Waals surface area contributed by atoms with Gasteiger partial charge in [0, 0.05) is 68.4 Å². The number of aromatic nitrogens is 1. The summed E-state index contributed by atoms with van der Waals surface area (Å²) in [6, 6.07) is 7.46. The molecule has 2 saturated heterocycles. The van der Waals surface area contributed by atoms with Gasteiger partial charge in [0.25, 0.3) is 0 Å². The number of rotatable bonds is 5. The predicted octanol–water partition coefficient (Wildman–Crippen LogP) is 2.99. The molecule has 188 valence electrons. The molecule has 0 aliphatic carbocycles. The number of carbonyl (C=O) groups is 3. The number of urea groups is 1. The van der Waals surface area contributed by atoms with Crippen LogP contribution < -0.4 is 10.2 Å². The van der Waals surface area contributed by atoms with E-state index in [1.54, 1.807) is 22.1 Å². The normalized spacial score (nSPS) is 16.3. The molecule has 0 spiro atoms. The van der Waals surface area contributed by atoms with E-state index in [2.05, 4.69) is 15.2 Å². The minimum absolute atomic E-state index is 0.0269. The summed E-state index contributed by atoms with van der Waals surface area (Å²) in [6.45, 7) is 6.59. The predicted molar refractivity (Wildman–Crippen MR) is 135 cm³/mol. The number of thiazole rings is 1. The Kier molecular flexibility index (Phi) is 8.29. The van der Waals surface area contributed by atoms with Crippen LogP contribution in [0.25, 0.3) is 0 Å². The van der Waals surface area contributed by atoms with E-state index in [0.29, 0.717) is 61.7 Å². The number of nitrogens with zero attached hydrogens (tertiary/aromatic N) is 5. The van der Waals surface area contributed by atoms with Crippen LogP contribution in [0, 0.1) is 0 Å². The van der Waals surface area contributed by atoms with Gasteiger partial charge >= 0.3 is 12.1 Å². The second-order valence-corrected chi connectivity index (χ2v) is 9.56. The van der Waals surface area contributed by atoms with E-state index in [4.69, 9.17) is 16.3 Å². The fraction of sp³-hybridized carbons (Fsp3) is 0.478. The fourth-order valence-electron chi connectivity index (χ4n) is 4.06. The summed E-state index contributed by atoms with van der Waals surface area (Å²) in [5.74, 6) is 0.0269. The van der Waals surface area contributed by atoms with Crippen LogP contribution in [-0.2, 0) is 16.0 Å². The van der Waals surface area contributed by atoms with E-state index >= 15 is 0 Å². The van der Waals surface area contributed by atoms with E-state index in [1.165, 1.54) is 11.3 Å². The summed E-state index contributed by atoms with van der Waals surface area (Å²) >= 11 is 7.26. The summed E-state index contributed by atoms with van der Waals surface area (Å²) < 4.78 is 5.00. The SMILES string of the molecule is CCOC(=O)N1CCN(C(=O)Nc2nc(CC(=O)N3CCN(c4ccc(Cl)cc4)CC3)cs2)CC1. The van der Waals surface area contributed by atoms with E-state index in [9.17, 15) is 14.4 Å². The van der Waals surface area contributed by atoms with Crippen molar-refractivity contribution in [2.24, 2.45) is 0 Å². The number of anilines is 2. The lowest BCUT2D eigenvalue weighted by Gasteiger charge is -2.36. The zero-order chi connectivity index (χ0) is 24.8. The average molecular weight is 521 g/mol. The summed E-state index contributed by atoms with van der Waals surface area (Å²) in [6.07, 6.45) is -0.154. The Labute approximate surface area is 213 Å². The summed E-state index contributed by atoms with van der Waals surface area (Å²) in [4.78, 5) is 48.9. The molecule has 0 bridgehead atoms. The van der Waals surface area contributed by atoms with Gasteiger partial charge in [-0.15, -0.1) is 11.3 Å². The van der Waals surface area contributed by atoms with Crippen LogP contribution in [0.5, 0.6) is 0 Å². The van der Waals surface area contributed by atoms with Gasteiger partial charge in [-0.1, -0.05) is 11.6 Å². The summed E-state index contributed by atoms with van der Waals surface area (Å²) in [5, 5.41) is 5.77. The topological polar surface area (TPSA) is 98.3 Å². The van der Waals surface area contributed by atoms with E-state index in [1.807, 2.05) is 29.2 Å². The smallest absolute Gasteiger partial charge is 0.409 e. The average Bonchev–Trinajstić information content (AvgIpc) is 3.31. The van der Waals surface area contributed by atoms with Crippen LogP contribution in [-0.4, -0.2) is 96.7 Å². The first-order valence-corrected chi connectivity index (χ1v) is 12.9. The van der Waals surface area contributed by atoms with Crippen LogP contribution in [0.15, 0.2) is 29.6 Å². The highest BCUT2D eigenvalue weighted by atomic mass is 35.5. The van der Waals surface area contributed by atoms with Crippen molar-refractivity contribution in [2.75, 3.05) is 69.2 Å². The first-order chi connectivity index (χ1) is 16.9. The van der Waals surface area contributed by atoms with Gasteiger partial charge in [0.2, 0.25) is 5.91 Å². The highest BCUT2D eigenvalue weighted by Gasteiger charge is 2.26. The van der Waals surface area contributed by atoms with Crippen LogP contribution >= 0.6 is 22.9 Å². The number of ether oxygens (including phenoxy) is 1. The van der Waals surface area contributed by atoms with Crippen molar-refractivity contribution in [1.29, 1.82) is 0 Å². The fourth-order valence-corrected chi connectivity index (χ4v) is 4.88. The number of hydrogen-bond donors (Lipinski definition) is 1. The molecule has 0 atom stereocenters. The van der Waals surface area contributed by atoms with Crippen LogP contribution in [0.1, 0.15) is 12.6 Å². The Morgan fingerprint density at radius 3 is 2.26 bits per heavy atom. The van der Waals surface area contributed by atoms with Crippen molar-refractivity contribution in [3.63, 3.8) is 0 Å². The minimum Gasteiger partial charge on any atom is -0.450 e. The second-order valence-electron chi connectivity index (χ2n) is 8.27. The highest BCUT2D eigenvalue weighted by Crippen LogP contribution is 2.21. The van der Waals surface area contributed by atoms with Crippen molar-refractivity contribution in [3.05, 3.63) is 40.4 Å². The van der Waals surface area contributed by atoms with Gasteiger partial charge in [0.05, 0.1) is 18.7 Å². The molecule has 2 aromatic rings. The van der Waals surface area contributed by atoms with Gasteiger partial charge in [0.15, 0.2) is 5.13 Å². The molecule has 1 aromatic carbocycles. The van der Waals surface area contributed by atoms with Crippen LogP contribution in [0.3, 0.4) is 0 Å². The molecule has 4 amide bonds. The number of halogens is 1. The molecule has 12 heteroatoms. The van der Waals surface area contributed by atoms with Gasteiger partial charge in [-0.05, 0) is 31.2 Å². The molecule has 1 N–H and O–H groups in total. The first-order valence-electron chi connectivity index (χ1n) is 11.6.